The highest BCUT2D eigenvalue weighted by atomic mass is 79.9. The summed E-state index contributed by atoms with van der Waals surface area (Å²) >= 11 is 3.32. The molecule has 0 unspecified atom stereocenters. The molecule has 1 aromatic rings. The number of likely N-dealkylation sites (tertiary alicyclic amines) is 1. The number of amides is 2. The Morgan fingerprint density at radius 2 is 1.91 bits per heavy atom. The van der Waals surface area contributed by atoms with Crippen LogP contribution in [0.4, 0.5) is 0 Å². The van der Waals surface area contributed by atoms with E-state index in [9.17, 15) is 14.4 Å². The number of benzene rings is 1. The summed E-state index contributed by atoms with van der Waals surface area (Å²) in [5, 5.41) is 0. The van der Waals surface area contributed by atoms with Gasteiger partial charge in [0, 0.05) is 11.0 Å². The summed E-state index contributed by atoms with van der Waals surface area (Å²) in [6.45, 7) is 0.107. The van der Waals surface area contributed by atoms with Crippen molar-refractivity contribution in [3.63, 3.8) is 0 Å². The quantitative estimate of drug-likeness (QED) is 0.779. The Kier molecular flexibility index (Phi) is 6.15. The first kappa shape index (κ1) is 17.5. The SMILES string of the molecule is NC(=O)[C@H]1CCCCN1C(=O)COC(=O)Cc1ccc(Br)cc1. The summed E-state index contributed by atoms with van der Waals surface area (Å²) in [5.41, 5.74) is 6.13. The number of ether oxygens (including phenoxy) is 1. The number of nitrogens with zero attached hydrogens (tertiary/aromatic N) is 1. The zero-order valence-corrected chi connectivity index (χ0v) is 14.3. The summed E-state index contributed by atoms with van der Waals surface area (Å²) in [6, 6.07) is 6.68. The normalized spacial score (nSPS) is 17.6. The van der Waals surface area contributed by atoms with Gasteiger partial charge in [0.2, 0.25) is 5.91 Å². The second-order valence-electron chi connectivity index (χ2n) is 5.47. The van der Waals surface area contributed by atoms with Crippen molar-refractivity contribution in [2.45, 2.75) is 31.7 Å². The molecular formula is C16H19BrN2O4. The van der Waals surface area contributed by atoms with Gasteiger partial charge in [-0.1, -0.05) is 28.1 Å². The lowest BCUT2D eigenvalue weighted by Crippen LogP contribution is -2.51. The Morgan fingerprint density at radius 1 is 1.22 bits per heavy atom. The van der Waals surface area contributed by atoms with Gasteiger partial charge in [-0.2, -0.15) is 0 Å². The minimum atomic E-state index is -0.596. The highest BCUT2D eigenvalue weighted by Crippen LogP contribution is 2.17. The fourth-order valence-electron chi connectivity index (χ4n) is 2.57. The third-order valence-electron chi connectivity index (χ3n) is 3.77. The van der Waals surface area contributed by atoms with E-state index in [0.717, 1.165) is 22.9 Å². The Hall–Kier alpha value is -1.89. The van der Waals surface area contributed by atoms with Crippen LogP contribution in [0.1, 0.15) is 24.8 Å². The summed E-state index contributed by atoms with van der Waals surface area (Å²) < 4.78 is 5.95. The zero-order valence-electron chi connectivity index (χ0n) is 12.7. The van der Waals surface area contributed by atoms with Gasteiger partial charge in [-0.3, -0.25) is 14.4 Å². The van der Waals surface area contributed by atoms with Gasteiger partial charge in [-0.25, -0.2) is 0 Å². The molecule has 2 N–H and O–H groups in total. The lowest BCUT2D eigenvalue weighted by Gasteiger charge is -2.33. The van der Waals surface area contributed by atoms with Gasteiger partial charge in [0.25, 0.3) is 5.91 Å². The van der Waals surface area contributed by atoms with E-state index >= 15 is 0 Å². The molecule has 0 radical (unpaired) electrons. The van der Waals surface area contributed by atoms with E-state index in [1.54, 1.807) is 12.1 Å². The molecule has 1 aliphatic heterocycles. The smallest absolute Gasteiger partial charge is 0.310 e. The van der Waals surface area contributed by atoms with Crippen molar-refractivity contribution < 1.29 is 19.1 Å². The second kappa shape index (κ2) is 8.10. The highest BCUT2D eigenvalue weighted by molar-refractivity contribution is 9.10. The van der Waals surface area contributed by atoms with Crippen LogP contribution in [0.5, 0.6) is 0 Å². The Morgan fingerprint density at radius 3 is 2.57 bits per heavy atom. The second-order valence-corrected chi connectivity index (χ2v) is 6.38. The topological polar surface area (TPSA) is 89.7 Å². The van der Waals surface area contributed by atoms with Crippen molar-refractivity contribution in [3.8, 4) is 0 Å². The Balaban J connectivity index is 1.84. The van der Waals surface area contributed by atoms with Gasteiger partial charge < -0.3 is 15.4 Å². The number of halogens is 1. The maximum Gasteiger partial charge on any atom is 0.310 e. The first-order chi connectivity index (χ1) is 11.0. The summed E-state index contributed by atoms with van der Waals surface area (Å²) in [7, 11) is 0. The minimum absolute atomic E-state index is 0.0970. The average Bonchev–Trinajstić information content (AvgIpc) is 2.54. The molecule has 0 aliphatic carbocycles. The van der Waals surface area contributed by atoms with Crippen LogP contribution in [-0.2, 0) is 25.5 Å². The molecule has 23 heavy (non-hydrogen) atoms. The molecule has 1 saturated heterocycles. The monoisotopic (exact) mass is 382 g/mol. The molecule has 1 aromatic carbocycles. The molecule has 0 aromatic heterocycles. The molecule has 7 heteroatoms. The van der Waals surface area contributed by atoms with E-state index in [1.165, 1.54) is 4.90 Å². The molecular weight excluding hydrogens is 364 g/mol. The largest absolute Gasteiger partial charge is 0.455 e. The molecule has 0 spiro atoms. The molecule has 1 heterocycles. The van der Waals surface area contributed by atoms with Crippen LogP contribution in [0.3, 0.4) is 0 Å². The zero-order chi connectivity index (χ0) is 16.8. The molecule has 1 aliphatic rings. The van der Waals surface area contributed by atoms with Crippen molar-refractivity contribution in [2.75, 3.05) is 13.2 Å². The summed E-state index contributed by atoms with van der Waals surface area (Å²) in [6.07, 6.45) is 2.34. The van der Waals surface area contributed by atoms with E-state index in [2.05, 4.69) is 15.9 Å². The molecule has 124 valence electrons. The highest BCUT2D eigenvalue weighted by Gasteiger charge is 2.30. The number of esters is 1. The van der Waals surface area contributed by atoms with E-state index in [4.69, 9.17) is 10.5 Å². The molecule has 1 fully saturated rings. The number of primary amides is 1. The minimum Gasteiger partial charge on any atom is -0.455 e. The van der Waals surface area contributed by atoms with Gasteiger partial charge >= 0.3 is 5.97 Å². The Labute approximate surface area is 143 Å². The van der Waals surface area contributed by atoms with Crippen LogP contribution in [0.2, 0.25) is 0 Å². The van der Waals surface area contributed by atoms with Gasteiger partial charge in [0.1, 0.15) is 6.04 Å². The molecule has 6 nitrogen and oxygen atoms in total. The van der Waals surface area contributed by atoms with Gasteiger partial charge in [0.05, 0.1) is 6.42 Å². The van der Waals surface area contributed by atoms with Gasteiger partial charge in [0.15, 0.2) is 6.61 Å². The lowest BCUT2D eigenvalue weighted by molar-refractivity contribution is -0.154. The van der Waals surface area contributed by atoms with E-state index in [0.29, 0.717) is 13.0 Å². The fourth-order valence-corrected chi connectivity index (χ4v) is 2.84. The summed E-state index contributed by atoms with van der Waals surface area (Å²) in [5.74, 6) is -1.37. The van der Waals surface area contributed by atoms with Crippen LogP contribution in [0.15, 0.2) is 28.7 Å². The van der Waals surface area contributed by atoms with Crippen molar-refractivity contribution in [1.82, 2.24) is 4.90 Å². The van der Waals surface area contributed by atoms with Crippen LogP contribution in [-0.4, -0.2) is 41.9 Å². The third kappa shape index (κ3) is 5.06. The molecule has 0 saturated carbocycles. The number of nitrogens with two attached hydrogens (primary N) is 1. The number of piperidine rings is 1. The van der Waals surface area contributed by atoms with Crippen molar-refractivity contribution in [2.24, 2.45) is 5.73 Å². The number of carbonyl (C=O) groups is 3. The fraction of sp³-hybridized carbons (Fsp3) is 0.438. The first-order valence-corrected chi connectivity index (χ1v) is 8.25. The van der Waals surface area contributed by atoms with Crippen LogP contribution < -0.4 is 5.73 Å². The number of carbonyl (C=O) groups excluding carboxylic acids is 3. The molecule has 0 bridgehead atoms. The van der Waals surface area contributed by atoms with Crippen LogP contribution >= 0.6 is 15.9 Å². The predicted octanol–water partition coefficient (Wildman–Crippen LogP) is 1.40. The van der Waals surface area contributed by atoms with Gasteiger partial charge in [-0.15, -0.1) is 0 Å². The summed E-state index contributed by atoms with van der Waals surface area (Å²) in [4.78, 5) is 36.8. The maximum atomic E-state index is 12.1. The molecule has 2 rings (SSSR count). The lowest BCUT2D eigenvalue weighted by atomic mass is 10.0. The number of rotatable bonds is 5. The first-order valence-electron chi connectivity index (χ1n) is 7.46. The Bertz CT molecular complexity index is 588. The van der Waals surface area contributed by atoms with E-state index in [1.807, 2.05) is 12.1 Å². The van der Waals surface area contributed by atoms with Crippen LogP contribution in [0, 0.1) is 0 Å². The van der Waals surface area contributed by atoms with Crippen LogP contribution in [0.25, 0.3) is 0 Å². The molecule has 2 amide bonds. The standard InChI is InChI=1S/C16H19BrN2O4/c17-12-6-4-11(5-7-12)9-15(21)23-10-14(20)19-8-2-1-3-13(19)16(18)22/h4-7,13H,1-3,8-10H2,(H2,18,22)/t13-/m1/s1. The number of hydrogen-bond donors (Lipinski definition) is 1. The average molecular weight is 383 g/mol. The number of hydrogen-bond acceptors (Lipinski definition) is 4. The van der Waals surface area contributed by atoms with E-state index < -0.39 is 17.9 Å². The van der Waals surface area contributed by atoms with Crippen molar-refractivity contribution in [1.29, 1.82) is 0 Å². The van der Waals surface area contributed by atoms with E-state index in [-0.39, 0.29) is 18.9 Å². The van der Waals surface area contributed by atoms with Gasteiger partial charge in [-0.05, 0) is 37.0 Å². The van der Waals surface area contributed by atoms with Crippen molar-refractivity contribution >= 4 is 33.7 Å². The maximum absolute atomic E-state index is 12.1. The predicted molar refractivity (Wildman–Crippen MR) is 87.4 cm³/mol. The van der Waals surface area contributed by atoms with Crippen molar-refractivity contribution in [3.05, 3.63) is 34.3 Å². The molecule has 1 atom stereocenters. The third-order valence-corrected chi connectivity index (χ3v) is 4.30.